The van der Waals surface area contributed by atoms with Crippen molar-refractivity contribution in [3.05, 3.63) is 47.8 Å². The molecule has 1 unspecified atom stereocenters. The fourth-order valence-electron chi connectivity index (χ4n) is 2.30. The van der Waals surface area contributed by atoms with Crippen LogP contribution in [0.4, 0.5) is 9.18 Å². The van der Waals surface area contributed by atoms with Crippen LogP contribution in [0, 0.1) is 11.2 Å². The van der Waals surface area contributed by atoms with Gasteiger partial charge in [0.1, 0.15) is 5.82 Å². The zero-order chi connectivity index (χ0) is 15.6. The van der Waals surface area contributed by atoms with Crippen molar-refractivity contribution in [2.45, 2.75) is 18.9 Å². The topological polar surface area (TPSA) is 102 Å². The quantitative estimate of drug-likeness (QED) is 0.597. The molecule has 0 fully saturated rings. The van der Waals surface area contributed by atoms with Crippen LogP contribution in [0.3, 0.4) is 0 Å². The Hall–Kier alpha value is -2.47. The van der Waals surface area contributed by atoms with E-state index in [1.54, 1.807) is 37.3 Å². The number of ether oxygens (including phenoxy) is 1. The van der Waals surface area contributed by atoms with Gasteiger partial charge in [-0.15, -0.1) is 0 Å². The molecular formula is C15H16FN3O2. The number of rotatable bonds is 3. The summed E-state index contributed by atoms with van der Waals surface area (Å²) < 4.78 is 18.6. The van der Waals surface area contributed by atoms with E-state index in [1.165, 1.54) is 6.07 Å². The Morgan fingerprint density at radius 1 is 1.29 bits per heavy atom. The van der Waals surface area contributed by atoms with Gasteiger partial charge in [-0.05, 0) is 17.0 Å². The van der Waals surface area contributed by atoms with Crippen LogP contribution >= 0.6 is 0 Å². The smallest absolute Gasteiger partial charge is 0.394 e. The Balaban J connectivity index is 2.42. The maximum atomic E-state index is 14.1. The number of hydrogen-bond donors (Lipinski definition) is 3. The zero-order valence-corrected chi connectivity index (χ0v) is 11.5. The molecule has 0 aliphatic rings. The Labute approximate surface area is 121 Å². The fourth-order valence-corrected chi connectivity index (χ4v) is 2.30. The first kappa shape index (κ1) is 14.9. The van der Waals surface area contributed by atoms with E-state index >= 15 is 0 Å². The number of benzene rings is 2. The Morgan fingerprint density at radius 2 is 1.90 bits per heavy atom. The summed E-state index contributed by atoms with van der Waals surface area (Å²) in [5.74, 6) is -1.22. The summed E-state index contributed by atoms with van der Waals surface area (Å²) in [7, 11) is 0. The van der Waals surface area contributed by atoms with Crippen LogP contribution in [0.1, 0.15) is 18.4 Å². The molecule has 1 amide bonds. The fraction of sp³-hybridized carbons (Fsp3) is 0.200. The maximum Gasteiger partial charge on any atom is 0.411 e. The second kappa shape index (κ2) is 5.88. The summed E-state index contributed by atoms with van der Waals surface area (Å²) in [4.78, 5) is 10.7. The normalized spacial score (nSPS) is 13.7. The van der Waals surface area contributed by atoms with Crippen molar-refractivity contribution in [1.29, 1.82) is 5.41 Å². The first-order valence-corrected chi connectivity index (χ1v) is 6.40. The van der Waals surface area contributed by atoms with E-state index in [-0.39, 0.29) is 5.82 Å². The van der Waals surface area contributed by atoms with Crippen molar-refractivity contribution in [1.82, 2.24) is 0 Å². The van der Waals surface area contributed by atoms with Gasteiger partial charge in [0.15, 0.2) is 0 Å². The average molecular weight is 289 g/mol. The van der Waals surface area contributed by atoms with Gasteiger partial charge in [0.25, 0.3) is 0 Å². The molecule has 5 N–H and O–H groups in total. The van der Waals surface area contributed by atoms with E-state index in [0.717, 1.165) is 5.39 Å². The summed E-state index contributed by atoms with van der Waals surface area (Å²) in [6, 6.07) is 9.23. The van der Waals surface area contributed by atoms with Gasteiger partial charge in [-0.2, -0.15) is 0 Å². The molecule has 0 saturated carbocycles. The number of halogens is 1. The number of nitrogens with one attached hydrogen (secondary N) is 1. The lowest BCUT2D eigenvalue weighted by atomic mass is 9.89. The predicted octanol–water partition coefficient (Wildman–Crippen LogP) is 2.48. The van der Waals surface area contributed by atoms with Gasteiger partial charge < -0.3 is 16.2 Å². The zero-order valence-electron chi connectivity index (χ0n) is 11.5. The summed E-state index contributed by atoms with van der Waals surface area (Å²) in [6.45, 7) is 1.74. The van der Waals surface area contributed by atoms with E-state index in [1.807, 2.05) is 0 Å². The van der Waals surface area contributed by atoms with Crippen LogP contribution in [-0.2, 0) is 4.74 Å². The number of primary amides is 1. The van der Waals surface area contributed by atoms with Gasteiger partial charge in [-0.1, -0.05) is 37.3 Å². The molecule has 0 spiro atoms. The lowest BCUT2D eigenvalue weighted by molar-refractivity contribution is 0.204. The molecule has 2 aromatic carbocycles. The molecule has 5 nitrogen and oxygen atoms in total. The number of amides is 1. The first-order valence-electron chi connectivity index (χ1n) is 6.40. The van der Waals surface area contributed by atoms with Crippen LogP contribution in [0.2, 0.25) is 0 Å². The molecule has 0 radical (unpaired) electrons. The standard InChI is InChI=1S/C15H16FN3O2/c1-8(13(17)14(18)21-15(19)20)10-6-2-4-9-5-3-7-11(16)12(9)10/h2-8,13,18H,17H2,1H3,(H2,19,20)/t8?,13-/m0/s1. The van der Waals surface area contributed by atoms with Gasteiger partial charge in [0, 0.05) is 11.3 Å². The molecule has 0 heterocycles. The SMILES string of the molecule is CC(c1cccc2cccc(F)c12)[C@H](N)C(=N)OC(N)=O. The highest BCUT2D eigenvalue weighted by atomic mass is 19.1. The van der Waals surface area contributed by atoms with E-state index in [4.69, 9.17) is 16.9 Å². The monoisotopic (exact) mass is 289 g/mol. The number of fused-ring (bicyclic) bond motifs is 1. The Kier molecular flexibility index (Phi) is 4.18. The molecule has 110 valence electrons. The lowest BCUT2D eigenvalue weighted by Crippen LogP contribution is -2.38. The minimum absolute atomic E-state index is 0.357. The first-order chi connectivity index (χ1) is 9.91. The molecule has 0 aliphatic carbocycles. The highest BCUT2D eigenvalue weighted by Crippen LogP contribution is 2.29. The number of carbonyl (C=O) groups excluding carboxylic acids is 1. The van der Waals surface area contributed by atoms with Crippen molar-refractivity contribution < 1.29 is 13.9 Å². The van der Waals surface area contributed by atoms with Gasteiger partial charge in [-0.3, -0.25) is 5.41 Å². The molecule has 6 heteroatoms. The predicted molar refractivity (Wildman–Crippen MR) is 78.7 cm³/mol. The van der Waals surface area contributed by atoms with Crippen molar-refractivity contribution in [2.24, 2.45) is 11.5 Å². The highest BCUT2D eigenvalue weighted by Gasteiger charge is 2.24. The maximum absolute atomic E-state index is 14.1. The molecule has 0 saturated heterocycles. The van der Waals surface area contributed by atoms with E-state index in [0.29, 0.717) is 10.9 Å². The van der Waals surface area contributed by atoms with E-state index < -0.39 is 24.0 Å². The van der Waals surface area contributed by atoms with Crippen molar-refractivity contribution >= 4 is 22.8 Å². The number of hydrogen-bond acceptors (Lipinski definition) is 4. The summed E-state index contributed by atoms with van der Waals surface area (Å²) in [6.07, 6.45) is -1.09. The van der Waals surface area contributed by atoms with Gasteiger partial charge in [-0.25, -0.2) is 9.18 Å². The minimum atomic E-state index is -1.09. The second-order valence-electron chi connectivity index (χ2n) is 4.78. The minimum Gasteiger partial charge on any atom is -0.394 e. The number of carbonyl (C=O) groups is 1. The summed E-state index contributed by atoms with van der Waals surface area (Å²) in [5, 5.41) is 8.82. The molecule has 2 aromatic rings. The van der Waals surface area contributed by atoms with Crippen LogP contribution in [0.25, 0.3) is 10.8 Å². The van der Waals surface area contributed by atoms with E-state index in [9.17, 15) is 9.18 Å². The third-order valence-electron chi connectivity index (χ3n) is 3.43. The van der Waals surface area contributed by atoms with Gasteiger partial charge in [0.2, 0.25) is 5.90 Å². The average Bonchev–Trinajstić information content (AvgIpc) is 2.44. The molecule has 2 atom stereocenters. The van der Waals surface area contributed by atoms with Gasteiger partial charge >= 0.3 is 6.09 Å². The summed E-state index contributed by atoms with van der Waals surface area (Å²) in [5.41, 5.74) is 11.4. The van der Waals surface area contributed by atoms with E-state index in [2.05, 4.69) is 4.74 Å². The molecule has 21 heavy (non-hydrogen) atoms. The third kappa shape index (κ3) is 3.00. The molecule has 0 aromatic heterocycles. The Morgan fingerprint density at radius 3 is 2.52 bits per heavy atom. The molecule has 2 rings (SSSR count). The Bertz CT molecular complexity index is 697. The van der Waals surface area contributed by atoms with Crippen LogP contribution in [0.5, 0.6) is 0 Å². The largest absolute Gasteiger partial charge is 0.411 e. The lowest BCUT2D eigenvalue weighted by Gasteiger charge is -2.21. The van der Waals surface area contributed by atoms with Crippen molar-refractivity contribution in [3.8, 4) is 0 Å². The number of nitrogens with two attached hydrogens (primary N) is 2. The van der Waals surface area contributed by atoms with Crippen LogP contribution in [-0.4, -0.2) is 18.0 Å². The van der Waals surface area contributed by atoms with Crippen molar-refractivity contribution in [3.63, 3.8) is 0 Å². The molecular weight excluding hydrogens is 273 g/mol. The van der Waals surface area contributed by atoms with Crippen LogP contribution in [0.15, 0.2) is 36.4 Å². The second-order valence-corrected chi connectivity index (χ2v) is 4.78. The van der Waals surface area contributed by atoms with Gasteiger partial charge in [0.05, 0.1) is 6.04 Å². The van der Waals surface area contributed by atoms with Crippen LogP contribution < -0.4 is 11.5 Å². The molecule has 0 aliphatic heterocycles. The highest BCUT2D eigenvalue weighted by molar-refractivity contribution is 5.91. The third-order valence-corrected chi connectivity index (χ3v) is 3.43. The van der Waals surface area contributed by atoms with Crippen molar-refractivity contribution in [2.75, 3.05) is 0 Å². The molecule has 0 bridgehead atoms. The summed E-state index contributed by atoms with van der Waals surface area (Å²) >= 11 is 0.